The van der Waals surface area contributed by atoms with Crippen LogP contribution in [0.4, 0.5) is 0 Å². The van der Waals surface area contributed by atoms with E-state index in [0.29, 0.717) is 23.2 Å². The summed E-state index contributed by atoms with van der Waals surface area (Å²) in [5.74, 6) is 1.15. The van der Waals surface area contributed by atoms with Crippen LogP contribution in [0.1, 0.15) is 24.6 Å². The average Bonchev–Trinajstić information content (AvgIpc) is 3.05. The van der Waals surface area contributed by atoms with Crippen LogP contribution >= 0.6 is 23.1 Å². The third-order valence-electron chi connectivity index (χ3n) is 3.05. The number of thioether (sulfide) groups is 1. The average molecular weight is 321 g/mol. The molecule has 0 bridgehead atoms. The first-order valence-corrected chi connectivity index (χ1v) is 9.93. The second-order valence-corrected chi connectivity index (χ2v) is 8.62. The summed E-state index contributed by atoms with van der Waals surface area (Å²) < 4.78 is 27.3. The number of thiophene rings is 1. The molecule has 108 valence electrons. The SMILES string of the molecule is CCNCc1sccc1S(=O)(=O)NCC1CCCS1. The molecule has 1 saturated heterocycles. The normalized spacial score (nSPS) is 19.9. The standard InChI is InChI=1S/C12H20N2O2S3/c1-2-13-9-11-12(5-7-18-11)19(15,16)14-8-10-4-3-6-17-10/h5,7,10,13-14H,2-4,6,8-9H2,1H3. The molecule has 0 radical (unpaired) electrons. The zero-order valence-corrected chi connectivity index (χ0v) is 13.5. The van der Waals surface area contributed by atoms with Gasteiger partial charge in [0, 0.05) is 23.2 Å². The Bertz CT molecular complexity index is 493. The summed E-state index contributed by atoms with van der Waals surface area (Å²) in [4.78, 5) is 1.31. The van der Waals surface area contributed by atoms with E-state index in [9.17, 15) is 8.42 Å². The highest BCUT2D eigenvalue weighted by Crippen LogP contribution is 2.26. The van der Waals surface area contributed by atoms with Gasteiger partial charge in [0.05, 0.1) is 4.90 Å². The maximum absolute atomic E-state index is 12.3. The van der Waals surface area contributed by atoms with Crippen LogP contribution < -0.4 is 10.0 Å². The molecular weight excluding hydrogens is 300 g/mol. The summed E-state index contributed by atoms with van der Waals surface area (Å²) in [6.45, 7) is 4.01. The van der Waals surface area contributed by atoms with Gasteiger partial charge in [0.15, 0.2) is 0 Å². The van der Waals surface area contributed by atoms with E-state index < -0.39 is 10.0 Å². The molecule has 2 heterocycles. The molecule has 1 aromatic rings. The molecule has 0 aliphatic carbocycles. The third-order valence-corrected chi connectivity index (χ3v) is 7.01. The molecule has 0 spiro atoms. The van der Waals surface area contributed by atoms with Gasteiger partial charge in [0.1, 0.15) is 0 Å². The second-order valence-electron chi connectivity index (χ2n) is 4.48. The molecular formula is C12H20N2O2S3. The molecule has 2 N–H and O–H groups in total. The van der Waals surface area contributed by atoms with Gasteiger partial charge in [-0.15, -0.1) is 11.3 Å². The first kappa shape index (κ1) is 15.3. The molecule has 1 atom stereocenters. The van der Waals surface area contributed by atoms with E-state index in [-0.39, 0.29) is 0 Å². The van der Waals surface area contributed by atoms with Crippen LogP contribution in [0.15, 0.2) is 16.3 Å². The Balaban J connectivity index is 1.99. The summed E-state index contributed by atoms with van der Waals surface area (Å²) in [7, 11) is -3.36. The molecule has 1 aliphatic rings. The Hall–Kier alpha value is -0.0800. The zero-order chi connectivity index (χ0) is 13.7. The van der Waals surface area contributed by atoms with E-state index in [2.05, 4.69) is 10.0 Å². The molecule has 0 aromatic carbocycles. The summed E-state index contributed by atoms with van der Waals surface area (Å²) >= 11 is 3.35. The fraction of sp³-hybridized carbons (Fsp3) is 0.667. The van der Waals surface area contributed by atoms with Crippen LogP contribution in [0.2, 0.25) is 0 Å². The number of sulfonamides is 1. The van der Waals surface area contributed by atoms with Crippen LogP contribution in [-0.4, -0.2) is 32.5 Å². The quantitative estimate of drug-likeness (QED) is 0.807. The highest BCUT2D eigenvalue weighted by atomic mass is 32.2. The summed E-state index contributed by atoms with van der Waals surface area (Å²) in [5, 5.41) is 5.45. The van der Waals surface area contributed by atoms with Gasteiger partial charge in [-0.2, -0.15) is 11.8 Å². The van der Waals surface area contributed by atoms with Crippen LogP contribution in [0.5, 0.6) is 0 Å². The fourth-order valence-corrected chi connectivity index (χ4v) is 5.82. The highest BCUT2D eigenvalue weighted by Gasteiger charge is 2.22. The van der Waals surface area contributed by atoms with E-state index in [0.717, 1.165) is 23.6 Å². The van der Waals surface area contributed by atoms with E-state index in [1.807, 2.05) is 24.1 Å². The lowest BCUT2D eigenvalue weighted by Crippen LogP contribution is -2.30. The van der Waals surface area contributed by atoms with Crippen molar-refractivity contribution < 1.29 is 8.42 Å². The Labute approximate surface area is 123 Å². The maximum atomic E-state index is 12.3. The topological polar surface area (TPSA) is 58.2 Å². The fourth-order valence-electron chi connectivity index (χ4n) is 2.02. The van der Waals surface area contributed by atoms with Crippen molar-refractivity contribution in [3.63, 3.8) is 0 Å². The molecule has 1 aliphatic heterocycles. The molecule has 0 saturated carbocycles. The Kier molecular flexibility index (Phi) is 5.70. The van der Waals surface area contributed by atoms with E-state index in [4.69, 9.17) is 0 Å². The van der Waals surface area contributed by atoms with Gasteiger partial charge in [0.25, 0.3) is 0 Å². The Morgan fingerprint density at radius 1 is 1.47 bits per heavy atom. The molecule has 7 heteroatoms. The molecule has 4 nitrogen and oxygen atoms in total. The Morgan fingerprint density at radius 2 is 2.32 bits per heavy atom. The van der Waals surface area contributed by atoms with Gasteiger partial charge >= 0.3 is 0 Å². The molecule has 19 heavy (non-hydrogen) atoms. The van der Waals surface area contributed by atoms with Crippen LogP contribution in [0.3, 0.4) is 0 Å². The molecule has 0 amide bonds. The van der Waals surface area contributed by atoms with Gasteiger partial charge in [-0.25, -0.2) is 13.1 Å². The molecule has 1 unspecified atom stereocenters. The van der Waals surface area contributed by atoms with Crippen LogP contribution in [0, 0.1) is 0 Å². The highest BCUT2D eigenvalue weighted by molar-refractivity contribution is 8.00. The first-order chi connectivity index (χ1) is 9.13. The van der Waals surface area contributed by atoms with Gasteiger partial charge < -0.3 is 5.32 Å². The molecule has 1 aromatic heterocycles. The number of rotatable bonds is 7. The van der Waals surface area contributed by atoms with Crippen molar-refractivity contribution >= 4 is 33.1 Å². The minimum atomic E-state index is -3.36. The summed E-state index contributed by atoms with van der Waals surface area (Å²) in [6.07, 6.45) is 2.31. The van der Waals surface area contributed by atoms with E-state index >= 15 is 0 Å². The minimum absolute atomic E-state index is 0.432. The zero-order valence-electron chi connectivity index (χ0n) is 11.0. The van der Waals surface area contributed by atoms with Gasteiger partial charge in [0.2, 0.25) is 10.0 Å². The van der Waals surface area contributed by atoms with Crippen molar-refractivity contribution in [2.75, 3.05) is 18.8 Å². The lowest BCUT2D eigenvalue weighted by Gasteiger charge is -2.11. The predicted octanol–water partition coefficient (Wildman–Crippen LogP) is 2.03. The van der Waals surface area contributed by atoms with Crippen molar-refractivity contribution in [2.24, 2.45) is 0 Å². The number of nitrogens with one attached hydrogen (secondary N) is 2. The minimum Gasteiger partial charge on any atom is -0.312 e. The van der Waals surface area contributed by atoms with Crippen molar-refractivity contribution in [3.05, 3.63) is 16.3 Å². The number of hydrogen-bond donors (Lipinski definition) is 2. The lowest BCUT2D eigenvalue weighted by molar-refractivity contribution is 0.577. The van der Waals surface area contributed by atoms with Gasteiger partial charge in [-0.3, -0.25) is 0 Å². The van der Waals surface area contributed by atoms with Crippen molar-refractivity contribution in [3.8, 4) is 0 Å². The molecule has 1 fully saturated rings. The van der Waals surface area contributed by atoms with E-state index in [1.165, 1.54) is 17.8 Å². The molecule has 2 rings (SSSR count). The maximum Gasteiger partial charge on any atom is 0.241 e. The second kappa shape index (κ2) is 7.08. The third kappa shape index (κ3) is 4.19. The van der Waals surface area contributed by atoms with Gasteiger partial charge in [-0.05, 0) is 36.6 Å². The van der Waals surface area contributed by atoms with Gasteiger partial charge in [-0.1, -0.05) is 6.92 Å². The lowest BCUT2D eigenvalue weighted by atomic mass is 10.2. The summed E-state index contributed by atoms with van der Waals surface area (Å²) in [5.41, 5.74) is 0. The van der Waals surface area contributed by atoms with Crippen molar-refractivity contribution in [1.82, 2.24) is 10.0 Å². The summed E-state index contributed by atoms with van der Waals surface area (Å²) in [6, 6.07) is 1.70. The van der Waals surface area contributed by atoms with E-state index in [1.54, 1.807) is 6.07 Å². The Morgan fingerprint density at radius 3 is 3.00 bits per heavy atom. The van der Waals surface area contributed by atoms with Crippen molar-refractivity contribution in [2.45, 2.75) is 36.5 Å². The van der Waals surface area contributed by atoms with Crippen LogP contribution in [-0.2, 0) is 16.6 Å². The van der Waals surface area contributed by atoms with Crippen molar-refractivity contribution in [1.29, 1.82) is 0 Å². The van der Waals surface area contributed by atoms with Crippen LogP contribution in [0.25, 0.3) is 0 Å². The predicted molar refractivity (Wildman–Crippen MR) is 82.4 cm³/mol. The monoisotopic (exact) mass is 320 g/mol. The smallest absolute Gasteiger partial charge is 0.241 e. The largest absolute Gasteiger partial charge is 0.312 e. The first-order valence-electron chi connectivity index (χ1n) is 6.52. The number of hydrogen-bond acceptors (Lipinski definition) is 5.